The molecule has 1 N–H and O–H groups in total. The number of nitrogens with zero attached hydrogens (tertiary/aromatic N) is 1. The van der Waals surface area contributed by atoms with E-state index in [-0.39, 0.29) is 11.7 Å². The largest absolute Gasteiger partial charge is 0.490 e. The maximum Gasteiger partial charge on any atom is 0.262 e. The minimum Gasteiger partial charge on any atom is -0.490 e. The average molecular weight is 406 g/mol. The van der Waals surface area contributed by atoms with Crippen LogP contribution < -0.4 is 14.8 Å². The lowest BCUT2D eigenvalue weighted by Gasteiger charge is -2.13. The number of carbonyl (C=O) groups excluding carboxylic acids is 1. The second-order valence-corrected chi connectivity index (χ2v) is 6.93. The number of hydrogen-bond donors (Lipinski definition) is 1. The van der Waals surface area contributed by atoms with E-state index in [1.807, 2.05) is 43.3 Å². The molecule has 156 valence electrons. The molecule has 0 saturated carbocycles. The van der Waals surface area contributed by atoms with Crippen molar-refractivity contribution in [3.63, 3.8) is 0 Å². The van der Waals surface area contributed by atoms with Gasteiger partial charge in [0.05, 0.1) is 12.7 Å². The van der Waals surface area contributed by atoms with E-state index < -0.39 is 5.91 Å². The first-order valence-corrected chi connectivity index (χ1v) is 10.1. The maximum atomic E-state index is 12.4. The summed E-state index contributed by atoms with van der Waals surface area (Å²) in [6.45, 7) is 3.92. The fourth-order valence-electron chi connectivity index (χ4n) is 3.16. The molecule has 1 saturated heterocycles. The van der Waals surface area contributed by atoms with Gasteiger partial charge in [-0.1, -0.05) is 36.4 Å². The number of amides is 1. The van der Waals surface area contributed by atoms with E-state index in [0.717, 1.165) is 25.0 Å². The molecule has 0 aliphatic carbocycles. The zero-order chi connectivity index (χ0) is 21.2. The van der Waals surface area contributed by atoms with Gasteiger partial charge in [0, 0.05) is 13.2 Å². The number of benzene rings is 2. The normalized spacial score (nSPS) is 16.0. The smallest absolute Gasteiger partial charge is 0.262 e. The number of hydrogen-bond acceptors (Lipinski definition) is 5. The predicted molar refractivity (Wildman–Crippen MR) is 114 cm³/mol. The van der Waals surface area contributed by atoms with Crippen LogP contribution in [0.25, 0.3) is 6.08 Å². The third-order valence-electron chi connectivity index (χ3n) is 4.70. The molecule has 6 heteroatoms. The first-order chi connectivity index (χ1) is 14.7. The van der Waals surface area contributed by atoms with Gasteiger partial charge in [0.2, 0.25) is 0 Å². The van der Waals surface area contributed by atoms with E-state index in [2.05, 4.69) is 5.32 Å². The molecule has 1 fully saturated rings. The molecule has 30 heavy (non-hydrogen) atoms. The van der Waals surface area contributed by atoms with Gasteiger partial charge in [-0.15, -0.1) is 0 Å². The lowest BCUT2D eigenvalue weighted by atomic mass is 10.1. The monoisotopic (exact) mass is 406 g/mol. The molecule has 1 atom stereocenters. The van der Waals surface area contributed by atoms with E-state index in [1.165, 1.54) is 0 Å². The van der Waals surface area contributed by atoms with Crippen LogP contribution in [0.2, 0.25) is 0 Å². The van der Waals surface area contributed by atoms with Crippen molar-refractivity contribution >= 4 is 12.0 Å². The van der Waals surface area contributed by atoms with Crippen LogP contribution in [-0.4, -0.2) is 31.8 Å². The van der Waals surface area contributed by atoms with Gasteiger partial charge >= 0.3 is 0 Å². The first kappa shape index (κ1) is 21.4. The summed E-state index contributed by atoms with van der Waals surface area (Å²) in [5, 5.41) is 12.2. The summed E-state index contributed by atoms with van der Waals surface area (Å²) in [5.41, 5.74) is 1.78. The van der Waals surface area contributed by atoms with Gasteiger partial charge < -0.3 is 19.5 Å². The molecule has 1 aliphatic rings. The molecule has 0 radical (unpaired) electrons. The fraction of sp³-hybridized carbons (Fsp3) is 0.333. The fourth-order valence-corrected chi connectivity index (χ4v) is 3.16. The summed E-state index contributed by atoms with van der Waals surface area (Å²) in [5.74, 6) is 0.772. The van der Waals surface area contributed by atoms with Crippen LogP contribution in [0.3, 0.4) is 0 Å². The van der Waals surface area contributed by atoms with E-state index in [9.17, 15) is 10.1 Å². The SMILES string of the molecule is CCOc1cc(/C=C(\C#N)C(=O)NC[C@@H]2CCCO2)ccc1OCc1ccccc1. The predicted octanol–water partition coefficient (Wildman–Crippen LogP) is 3.87. The molecule has 3 rings (SSSR count). The minimum absolute atomic E-state index is 0.0273. The van der Waals surface area contributed by atoms with Crippen LogP contribution in [0.5, 0.6) is 11.5 Å². The van der Waals surface area contributed by atoms with E-state index >= 15 is 0 Å². The Hall–Kier alpha value is -3.30. The summed E-state index contributed by atoms with van der Waals surface area (Å²) in [4.78, 5) is 12.4. The molecule has 6 nitrogen and oxygen atoms in total. The quantitative estimate of drug-likeness (QED) is 0.505. The highest BCUT2D eigenvalue weighted by atomic mass is 16.5. The van der Waals surface area contributed by atoms with Gasteiger partial charge in [-0.25, -0.2) is 0 Å². The van der Waals surface area contributed by atoms with Gasteiger partial charge in [-0.2, -0.15) is 5.26 Å². The van der Waals surface area contributed by atoms with Gasteiger partial charge in [-0.3, -0.25) is 4.79 Å². The van der Waals surface area contributed by atoms with Crippen molar-refractivity contribution in [2.75, 3.05) is 19.8 Å². The Balaban J connectivity index is 1.69. The van der Waals surface area contributed by atoms with Crippen molar-refractivity contribution < 1.29 is 19.0 Å². The third kappa shape index (κ3) is 6.10. The van der Waals surface area contributed by atoms with E-state index in [1.54, 1.807) is 24.3 Å². The third-order valence-corrected chi connectivity index (χ3v) is 4.70. The van der Waals surface area contributed by atoms with E-state index in [0.29, 0.717) is 36.8 Å². The summed E-state index contributed by atoms with van der Waals surface area (Å²) in [6.07, 6.45) is 3.50. The Morgan fingerprint density at radius 2 is 2.07 bits per heavy atom. The molecule has 1 heterocycles. The van der Waals surface area contributed by atoms with Crippen molar-refractivity contribution in [3.8, 4) is 17.6 Å². The van der Waals surface area contributed by atoms with Gasteiger partial charge in [0.1, 0.15) is 18.2 Å². The van der Waals surface area contributed by atoms with Gasteiger partial charge in [-0.05, 0) is 49.1 Å². The first-order valence-electron chi connectivity index (χ1n) is 10.1. The number of nitriles is 1. The van der Waals surface area contributed by atoms with Crippen molar-refractivity contribution in [1.29, 1.82) is 5.26 Å². The molecule has 2 aromatic rings. The minimum atomic E-state index is -0.407. The van der Waals surface area contributed by atoms with Crippen LogP contribution >= 0.6 is 0 Å². The van der Waals surface area contributed by atoms with Crippen molar-refractivity contribution in [2.24, 2.45) is 0 Å². The molecule has 1 amide bonds. The number of ether oxygens (including phenoxy) is 3. The van der Waals surface area contributed by atoms with E-state index in [4.69, 9.17) is 14.2 Å². The molecule has 0 bridgehead atoms. The summed E-state index contributed by atoms with van der Waals surface area (Å²) >= 11 is 0. The topological polar surface area (TPSA) is 80.6 Å². The molecule has 0 aromatic heterocycles. The van der Waals surface area contributed by atoms with Crippen LogP contribution in [0.1, 0.15) is 30.9 Å². The number of carbonyl (C=O) groups is 1. The average Bonchev–Trinajstić information content (AvgIpc) is 3.30. The molecule has 1 aliphatic heterocycles. The lowest BCUT2D eigenvalue weighted by molar-refractivity contribution is -0.117. The second kappa shape index (κ2) is 11.0. The summed E-state index contributed by atoms with van der Waals surface area (Å²) < 4.78 is 17.1. The number of rotatable bonds is 9. The Kier molecular flexibility index (Phi) is 7.87. The van der Waals surface area contributed by atoms with Crippen molar-refractivity contribution in [3.05, 3.63) is 65.2 Å². The molecule has 0 unspecified atom stereocenters. The Labute approximate surface area is 177 Å². The summed E-state index contributed by atoms with van der Waals surface area (Å²) in [7, 11) is 0. The van der Waals surface area contributed by atoms with Gasteiger partial charge in [0.25, 0.3) is 5.91 Å². The van der Waals surface area contributed by atoms with Crippen LogP contribution in [0.15, 0.2) is 54.1 Å². The van der Waals surface area contributed by atoms with Crippen LogP contribution in [-0.2, 0) is 16.1 Å². The highest BCUT2D eigenvalue weighted by Crippen LogP contribution is 2.30. The summed E-state index contributed by atoms with van der Waals surface area (Å²) in [6, 6.07) is 17.2. The Morgan fingerprint density at radius 3 is 2.77 bits per heavy atom. The molecular weight excluding hydrogens is 380 g/mol. The maximum absolute atomic E-state index is 12.4. The van der Waals surface area contributed by atoms with Crippen molar-refractivity contribution in [1.82, 2.24) is 5.32 Å². The molecular formula is C24H26N2O4. The highest BCUT2D eigenvalue weighted by molar-refractivity contribution is 6.01. The zero-order valence-corrected chi connectivity index (χ0v) is 17.1. The van der Waals surface area contributed by atoms with Crippen molar-refractivity contribution in [2.45, 2.75) is 32.5 Å². The lowest BCUT2D eigenvalue weighted by Crippen LogP contribution is -2.32. The number of nitrogens with one attached hydrogen (secondary N) is 1. The van der Waals surface area contributed by atoms with Crippen LogP contribution in [0, 0.1) is 11.3 Å². The zero-order valence-electron chi connectivity index (χ0n) is 17.1. The van der Waals surface area contributed by atoms with Gasteiger partial charge in [0.15, 0.2) is 11.5 Å². The standard InChI is InChI=1S/C24H26N2O4/c1-2-28-23-14-19(10-11-22(23)30-17-18-7-4-3-5-8-18)13-20(15-25)24(27)26-16-21-9-6-12-29-21/h3-5,7-8,10-11,13-14,21H,2,6,9,12,16-17H2,1H3,(H,26,27)/b20-13+/t21-/m0/s1. The molecule has 2 aromatic carbocycles. The highest BCUT2D eigenvalue weighted by Gasteiger charge is 2.18. The Morgan fingerprint density at radius 1 is 1.23 bits per heavy atom. The Bertz CT molecular complexity index is 913. The second-order valence-electron chi connectivity index (χ2n) is 6.93. The van der Waals surface area contributed by atoms with Crippen LogP contribution in [0.4, 0.5) is 0 Å². The molecule has 0 spiro atoms.